The Morgan fingerprint density at radius 3 is 2.42 bits per heavy atom. The maximum Gasteiger partial charge on any atom is 0.311 e. The Labute approximate surface area is 148 Å². The Hall–Kier alpha value is -1.09. The molecule has 0 aromatic rings. The second-order valence-electron chi connectivity index (χ2n) is 9.15. The lowest BCUT2D eigenvalue weighted by atomic mass is 9.75. The summed E-state index contributed by atoms with van der Waals surface area (Å²) in [5.74, 6) is 0.0841. The van der Waals surface area contributed by atoms with E-state index in [0.29, 0.717) is 18.8 Å². The molecule has 0 aromatic heterocycles. The Balaban J connectivity index is 2.75. The summed E-state index contributed by atoms with van der Waals surface area (Å²) in [4.78, 5) is 12.7. The lowest BCUT2D eigenvalue weighted by molar-refractivity contribution is -0.181. The van der Waals surface area contributed by atoms with Crippen molar-refractivity contribution < 1.29 is 14.6 Å². The minimum Gasteiger partial charge on any atom is -0.459 e. The van der Waals surface area contributed by atoms with Crippen molar-refractivity contribution in [1.29, 1.82) is 0 Å². The van der Waals surface area contributed by atoms with Crippen LogP contribution in [0.1, 0.15) is 73.6 Å². The minimum atomic E-state index is -0.960. The molecular weight excluding hydrogens is 300 g/mol. The molecule has 0 spiro atoms. The van der Waals surface area contributed by atoms with Crippen LogP contribution >= 0.6 is 0 Å². The van der Waals surface area contributed by atoms with E-state index in [9.17, 15) is 9.90 Å². The van der Waals surface area contributed by atoms with Crippen molar-refractivity contribution in [2.24, 2.45) is 16.7 Å². The predicted octanol–water partition coefficient (Wildman–Crippen LogP) is 5.04. The summed E-state index contributed by atoms with van der Waals surface area (Å²) < 4.78 is 5.79. The van der Waals surface area contributed by atoms with Crippen molar-refractivity contribution in [2.75, 3.05) is 0 Å². The van der Waals surface area contributed by atoms with E-state index in [1.54, 1.807) is 6.92 Å². The topological polar surface area (TPSA) is 46.5 Å². The minimum absolute atomic E-state index is 0.00106. The summed E-state index contributed by atoms with van der Waals surface area (Å²) in [5.41, 5.74) is -0.442. The molecule has 0 heterocycles. The molecule has 138 valence electrons. The standard InChI is InChI=1S/C21H36O3/c1-9-19(4,5)12-13-20(6,7)18(22)24-17-14-16(15(2)3)10-11-21(17,8)23/h9,16-17,23H,1-2,10-14H2,3-8H3. The number of ether oxygens (including phenoxy) is 1. The van der Waals surface area contributed by atoms with Gasteiger partial charge in [0.2, 0.25) is 0 Å². The molecule has 0 saturated heterocycles. The molecule has 1 saturated carbocycles. The molecule has 1 N–H and O–H groups in total. The summed E-state index contributed by atoms with van der Waals surface area (Å²) in [5, 5.41) is 10.6. The summed E-state index contributed by atoms with van der Waals surface area (Å²) in [6.45, 7) is 19.7. The van der Waals surface area contributed by atoms with Crippen molar-refractivity contribution >= 4 is 5.97 Å². The first-order valence-corrected chi connectivity index (χ1v) is 9.03. The van der Waals surface area contributed by atoms with Crippen molar-refractivity contribution in [3.63, 3.8) is 0 Å². The summed E-state index contributed by atoms with van der Waals surface area (Å²) in [6, 6.07) is 0. The lowest BCUT2D eigenvalue weighted by Crippen LogP contribution is -2.48. The van der Waals surface area contributed by atoms with Crippen LogP contribution in [0, 0.1) is 16.7 Å². The maximum atomic E-state index is 12.7. The SMILES string of the molecule is C=CC(C)(C)CCC(C)(C)C(=O)OC1CC(C(=C)C)CCC1(C)O. The third-order valence-electron chi connectivity index (χ3n) is 5.64. The van der Waals surface area contributed by atoms with Gasteiger partial charge in [0.25, 0.3) is 0 Å². The van der Waals surface area contributed by atoms with Crippen LogP contribution in [-0.2, 0) is 9.53 Å². The number of carbonyl (C=O) groups excluding carboxylic acids is 1. The first-order valence-electron chi connectivity index (χ1n) is 9.03. The lowest BCUT2D eigenvalue weighted by Gasteiger charge is -2.41. The van der Waals surface area contributed by atoms with E-state index in [1.165, 1.54) is 0 Å². The zero-order chi connectivity index (χ0) is 18.8. The van der Waals surface area contributed by atoms with Gasteiger partial charge in [0.15, 0.2) is 0 Å². The Bertz CT molecular complexity index is 485. The summed E-state index contributed by atoms with van der Waals surface area (Å²) in [6.07, 6.45) is 5.24. The highest BCUT2D eigenvalue weighted by molar-refractivity contribution is 5.76. The Kier molecular flexibility index (Phi) is 6.49. The van der Waals surface area contributed by atoms with Crippen LogP contribution in [0.25, 0.3) is 0 Å². The summed E-state index contributed by atoms with van der Waals surface area (Å²) in [7, 11) is 0. The highest BCUT2D eigenvalue weighted by Crippen LogP contribution is 2.39. The van der Waals surface area contributed by atoms with Crippen LogP contribution in [0.15, 0.2) is 24.8 Å². The van der Waals surface area contributed by atoms with Gasteiger partial charge in [0, 0.05) is 0 Å². The van der Waals surface area contributed by atoms with E-state index in [1.807, 2.05) is 26.8 Å². The van der Waals surface area contributed by atoms with Crippen LogP contribution in [0.5, 0.6) is 0 Å². The van der Waals surface area contributed by atoms with E-state index in [4.69, 9.17) is 4.74 Å². The van der Waals surface area contributed by atoms with E-state index in [-0.39, 0.29) is 11.4 Å². The monoisotopic (exact) mass is 336 g/mol. The molecule has 0 aromatic carbocycles. The van der Waals surface area contributed by atoms with E-state index in [2.05, 4.69) is 27.0 Å². The maximum absolute atomic E-state index is 12.7. The number of rotatable bonds is 7. The van der Waals surface area contributed by atoms with Gasteiger partial charge in [-0.1, -0.05) is 32.1 Å². The fourth-order valence-corrected chi connectivity index (χ4v) is 3.01. The predicted molar refractivity (Wildman–Crippen MR) is 99.7 cm³/mol. The van der Waals surface area contributed by atoms with E-state index in [0.717, 1.165) is 24.8 Å². The van der Waals surface area contributed by atoms with E-state index >= 15 is 0 Å². The van der Waals surface area contributed by atoms with E-state index < -0.39 is 17.1 Å². The molecule has 1 aliphatic carbocycles. The second-order valence-corrected chi connectivity index (χ2v) is 9.15. The smallest absolute Gasteiger partial charge is 0.311 e. The number of hydrogen-bond donors (Lipinski definition) is 1. The number of hydrogen-bond acceptors (Lipinski definition) is 3. The molecular formula is C21H36O3. The first-order chi connectivity index (χ1) is 10.8. The largest absolute Gasteiger partial charge is 0.459 e. The van der Waals surface area contributed by atoms with Gasteiger partial charge in [-0.2, -0.15) is 0 Å². The number of carbonyl (C=O) groups is 1. The average molecular weight is 337 g/mol. The molecule has 1 aliphatic rings. The van der Waals surface area contributed by atoms with Gasteiger partial charge in [-0.15, -0.1) is 6.58 Å². The zero-order valence-electron chi connectivity index (χ0n) is 16.4. The fourth-order valence-electron chi connectivity index (χ4n) is 3.01. The van der Waals surface area contributed by atoms with Crippen LogP contribution in [-0.4, -0.2) is 22.8 Å². The molecule has 0 bridgehead atoms. The average Bonchev–Trinajstić information content (AvgIpc) is 2.47. The van der Waals surface area contributed by atoms with Crippen molar-refractivity contribution in [3.8, 4) is 0 Å². The van der Waals surface area contributed by atoms with Gasteiger partial charge < -0.3 is 9.84 Å². The molecule has 3 nitrogen and oxygen atoms in total. The molecule has 0 aliphatic heterocycles. The van der Waals surface area contributed by atoms with Crippen molar-refractivity contribution in [2.45, 2.75) is 85.4 Å². The third kappa shape index (κ3) is 5.47. The number of aliphatic hydroxyl groups is 1. The zero-order valence-corrected chi connectivity index (χ0v) is 16.4. The van der Waals surface area contributed by atoms with Gasteiger partial charge in [0.1, 0.15) is 6.10 Å². The number of esters is 1. The summed E-state index contributed by atoms with van der Waals surface area (Å²) >= 11 is 0. The fraction of sp³-hybridized carbons (Fsp3) is 0.762. The van der Waals surface area contributed by atoms with Gasteiger partial charge in [0.05, 0.1) is 11.0 Å². The van der Waals surface area contributed by atoms with Gasteiger partial charge in [-0.3, -0.25) is 4.79 Å². The molecule has 3 unspecified atom stereocenters. The van der Waals surface area contributed by atoms with Crippen LogP contribution in [0.4, 0.5) is 0 Å². The molecule has 1 rings (SSSR count). The first kappa shape index (κ1) is 21.0. The molecule has 24 heavy (non-hydrogen) atoms. The van der Waals surface area contributed by atoms with Crippen LogP contribution in [0.3, 0.4) is 0 Å². The molecule has 0 radical (unpaired) electrons. The molecule has 1 fully saturated rings. The third-order valence-corrected chi connectivity index (χ3v) is 5.64. The number of allylic oxidation sites excluding steroid dienone is 2. The van der Waals surface area contributed by atoms with Crippen molar-refractivity contribution in [3.05, 3.63) is 24.8 Å². The quantitative estimate of drug-likeness (QED) is 0.523. The highest BCUT2D eigenvalue weighted by atomic mass is 16.6. The Morgan fingerprint density at radius 1 is 1.33 bits per heavy atom. The molecule has 0 amide bonds. The van der Waals surface area contributed by atoms with Gasteiger partial charge in [-0.25, -0.2) is 0 Å². The van der Waals surface area contributed by atoms with Crippen LogP contribution < -0.4 is 0 Å². The normalized spacial score (nSPS) is 28.3. The van der Waals surface area contributed by atoms with Crippen LogP contribution in [0.2, 0.25) is 0 Å². The molecule has 3 atom stereocenters. The second kappa shape index (κ2) is 7.43. The van der Waals surface area contributed by atoms with Gasteiger partial charge >= 0.3 is 5.97 Å². The Morgan fingerprint density at radius 2 is 1.92 bits per heavy atom. The van der Waals surface area contributed by atoms with Crippen molar-refractivity contribution in [1.82, 2.24) is 0 Å². The highest BCUT2D eigenvalue weighted by Gasteiger charge is 2.43. The van der Waals surface area contributed by atoms with Gasteiger partial charge in [-0.05, 0) is 71.1 Å². The molecule has 3 heteroatoms.